The Kier molecular flexibility index (Phi) is 7.60. The standard InChI is InChI=1S/C15H24N2OS/c1-12(2)13-7-9-14(10-8-13)19-11-5-3-4-6-15(18)17-16/h7-10,12H,3-6,11,16H2,1-2H3,(H,17,18). The van der Waals surface area contributed by atoms with Gasteiger partial charge in [0.1, 0.15) is 0 Å². The fourth-order valence-corrected chi connectivity index (χ4v) is 2.69. The van der Waals surface area contributed by atoms with E-state index in [0.717, 1.165) is 25.0 Å². The molecule has 0 fully saturated rings. The number of hydrogen-bond acceptors (Lipinski definition) is 3. The SMILES string of the molecule is CC(C)c1ccc(SCCCCCC(=O)NN)cc1. The monoisotopic (exact) mass is 280 g/mol. The predicted octanol–water partition coefficient (Wildman–Crippen LogP) is 3.45. The molecule has 0 saturated carbocycles. The lowest BCUT2D eigenvalue weighted by molar-refractivity contribution is -0.121. The van der Waals surface area contributed by atoms with Crippen molar-refractivity contribution in [2.24, 2.45) is 5.84 Å². The van der Waals surface area contributed by atoms with Crippen LogP contribution in [0.2, 0.25) is 0 Å². The molecule has 0 aliphatic rings. The Morgan fingerprint density at radius 2 is 1.89 bits per heavy atom. The molecule has 0 unspecified atom stereocenters. The van der Waals surface area contributed by atoms with Crippen LogP contribution in [0.1, 0.15) is 51.0 Å². The number of thioether (sulfide) groups is 1. The molecule has 0 bridgehead atoms. The summed E-state index contributed by atoms with van der Waals surface area (Å²) in [6.07, 6.45) is 3.65. The van der Waals surface area contributed by atoms with Gasteiger partial charge in [0.25, 0.3) is 0 Å². The largest absolute Gasteiger partial charge is 0.294 e. The predicted molar refractivity (Wildman–Crippen MR) is 82.1 cm³/mol. The quantitative estimate of drug-likeness (QED) is 0.252. The Hall–Kier alpha value is -1.00. The number of benzene rings is 1. The Morgan fingerprint density at radius 3 is 2.47 bits per heavy atom. The van der Waals surface area contributed by atoms with Crippen LogP contribution >= 0.6 is 11.8 Å². The highest BCUT2D eigenvalue weighted by atomic mass is 32.2. The maximum absolute atomic E-state index is 10.9. The molecule has 4 heteroatoms. The zero-order chi connectivity index (χ0) is 14.1. The summed E-state index contributed by atoms with van der Waals surface area (Å²) in [5, 5.41) is 0. The van der Waals surface area contributed by atoms with Crippen LogP contribution in [0.15, 0.2) is 29.2 Å². The number of nitrogens with one attached hydrogen (secondary N) is 1. The first-order valence-corrected chi connectivity index (χ1v) is 7.84. The minimum atomic E-state index is -0.0723. The Balaban J connectivity index is 2.14. The third kappa shape index (κ3) is 6.64. The molecule has 0 aliphatic carbocycles. The summed E-state index contributed by atoms with van der Waals surface area (Å²) in [5.74, 6) is 6.64. The van der Waals surface area contributed by atoms with E-state index in [1.165, 1.54) is 10.5 Å². The third-order valence-corrected chi connectivity index (χ3v) is 4.12. The first-order chi connectivity index (χ1) is 9.13. The van der Waals surface area contributed by atoms with Gasteiger partial charge in [-0.15, -0.1) is 11.8 Å². The molecule has 1 aromatic rings. The van der Waals surface area contributed by atoms with Crippen LogP contribution in [0.3, 0.4) is 0 Å². The number of hydrogen-bond donors (Lipinski definition) is 2. The maximum Gasteiger partial charge on any atom is 0.233 e. The van der Waals surface area contributed by atoms with Gasteiger partial charge in [-0.05, 0) is 42.2 Å². The molecule has 0 atom stereocenters. The van der Waals surface area contributed by atoms with Crippen molar-refractivity contribution < 1.29 is 4.79 Å². The van der Waals surface area contributed by atoms with E-state index in [4.69, 9.17) is 5.84 Å². The zero-order valence-corrected chi connectivity index (χ0v) is 12.6. The summed E-state index contributed by atoms with van der Waals surface area (Å²) in [4.78, 5) is 12.2. The molecule has 1 rings (SSSR count). The van der Waals surface area contributed by atoms with Crippen molar-refractivity contribution in [3.63, 3.8) is 0 Å². The lowest BCUT2D eigenvalue weighted by atomic mass is 10.0. The van der Waals surface area contributed by atoms with Crippen molar-refractivity contribution >= 4 is 17.7 Å². The number of unbranched alkanes of at least 4 members (excludes halogenated alkanes) is 2. The van der Waals surface area contributed by atoms with Crippen LogP contribution in [0.4, 0.5) is 0 Å². The number of hydrazine groups is 1. The van der Waals surface area contributed by atoms with Crippen LogP contribution < -0.4 is 11.3 Å². The topological polar surface area (TPSA) is 55.1 Å². The minimum absolute atomic E-state index is 0.0723. The lowest BCUT2D eigenvalue weighted by Crippen LogP contribution is -2.29. The molecule has 19 heavy (non-hydrogen) atoms. The molecule has 0 heterocycles. The molecular weight excluding hydrogens is 256 g/mol. The van der Waals surface area contributed by atoms with E-state index in [9.17, 15) is 4.79 Å². The third-order valence-electron chi connectivity index (χ3n) is 3.02. The van der Waals surface area contributed by atoms with Crippen molar-refractivity contribution in [3.05, 3.63) is 29.8 Å². The van der Waals surface area contributed by atoms with Crippen molar-refractivity contribution in [1.82, 2.24) is 5.43 Å². The van der Waals surface area contributed by atoms with E-state index in [0.29, 0.717) is 12.3 Å². The van der Waals surface area contributed by atoms with Crippen LogP contribution in [0.5, 0.6) is 0 Å². The van der Waals surface area contributed by atoms with E-state index in [2.05, 4.69) is 43.5 Å². The first kappa shape index (κ1) is 16.1. The molecule has 1 aromatic carbocycles. The van der Waals surface area contributed by atoms with Gasteiger partial charge >= 0.3 is 0 Å². The first-order valence-electron chi connectivity index (χ1n) is 6.85. The number of rotatable bonds is 8. The van der Waals surface area contributed by atoms with Crippen LogP contribution in [-0.2, 0) is 4.79 Å². The summed E-state index contributed by atoms with van der Waals surface area (Å²) in [7, 11) is 0. The Bertz CT molecular complexity index is 376. The second-order valence-corrected chi connectivity index (χ2v) is 6.12. The van der Waals surface area contributed by atoms with E-state index >= 15 is 0 Å². The molecule has 3 N–H and O–H groups in total. The smallest absolute Gasteiger partial charge is 0.233 e. The second kappa shape index (κ2) is 8.99. The number of nitrogens with two attached hydrogens (primary N) is 1. The molecule has 0 aromatic heterocycles. The van der Waals surface area contributed by atoms with Gasteiger partial charge in [-0.2, -0.15) is 0 Å². The normalized spacial score (nSPS) is 10.7. The van der Waals surface area contributed by atoms with E-state index in [-0.39, 0.29) is 5.91 Å². The number of amides is 1. The molecule has 0 saturated heterocycles. The summed E-state index contributed by atoms with van der Waals surface area (Å²) in [5.41, 5.74) is 3.54. The molecule has 0 aliphatic heterocycles. The summed E-state index contributed by atoms with van der Waals surface area (Å²) in [6.45, 7) is 4.42. The Morgan fingerprint density at radius 1 is 1.21 bits per heavy atom. The van der Waals surface area contributed by atoms with Gasteiger partial charge in [-0.25, -0.2) is 5.84 Å². The average molecular weight is 280 g/mol. The number of carbonyl (C=O) groups excluding carboxylic acids is 1. The van der Waals surface area contributed by atoms with Gasteiger partial charge in [0.15, 0.2) is 0 Å². The van der Waals surface area contributed by atoms with Gasteiger partial charge in [-0.1, -0.05) is 32.4 Å². The Labute approximate surface area is 120 Å². The van der Waals surface area contributed by atoms with Crippen molar-refractivity contribution in [2.45, 2.75) is 50.3 Å². The van der Waals surface area contributed by atoms with Gasteiger partial charge in [0.05, 0.1) is 0 Å². The number of carbonyl (C=O) groups is 1. The van der Waals surface area contributed by atoms with Crippen LogP contribution in [-0.4, -0.2) is 11.7 Å². The molecule has 0 spiro atoms. The van der Waals surface area contributed by atoms with Crippen LogP contribution in [0.25, 0.3) is 0 Å². The van der Waals surface area contributed by atoms with E-state index < -0.39 is 0 Å². The van der Waals surface area contributed by atoms with Crippen molar-refractivity contribution in [1.29, 1.82) is 0 Å². The summed E-state index contributed by atoms with van der Waals surface area (Å²) < 4.78 is 0. The van der Waals surface area contributed by atoms with E-state index in [1.54, 1.807) is 0 Å². The average Bonchev–Trinajstić information content (AvgIpc) is 2.42. The van der Waals surface area contributed by atoms with Gasteiger partial charge in [0.2, 0.25) is 5.91 Å². The summed E-state index contributed by atoms with van der Waals surface area (Å²) >= 11 is 1.88. The minimum Gasteiger partial charge on any atom is -0.294 e. The molecular formula is C15H24N2OS. The van der Waals surface area contributed by atoms with Crippen molar-refractivity contribution in [3.8, 4) is 0 Å². The second-order valence-electron chi connectivity index (χ2n) is 4.95. The van der Waals surface area contributed by atoms with Crippen molar-refractivity contribution in [2.75, 3.05) is 5.75 Å². The summed E-state index contributed by atoms with van der Waals surface area (Å²) in [6, 6.07) is 8.81. The highest BCUT2D eigenvalue weighted by Crippen LogP contribution is 2.22. The van der Waals surface area contributed by atoms with Gasteiger partial charge in [0, 0.05) is 11.3 Å². The highest BCUT2D eigenvalue weighted by molar-refractivity contribution is 7.99. The van der Waals surface area contributed by atoms with Crippen LogP contribution in [0, 0.1) is 0 Å². The lowest BCUT2D eigenvalue weighted by Gasteiger charge is -2.06. The molecule has 0 radical (unpaired) electrons. The van der Waals surface area contributed by atoms with Gasteiger partial charge in [-0.3, -0.25) is 10.2 Å². The highest BCUT2D eigenvalue weighted by Gasteiger charge is 2.00. The molecule has 106 valence electrons. The molecule has 1 amide bonds. The maximum atomic E-state index is 10.9. The fraction of sp³-hybridized carbons (Fsp3) is 0.533. The zero-order valence-electron chi connectivity index (χ0n) is 11.8. The van der Waals surface area contributed by atoms with E-state index in [1.807, 2.05) is 11.8 Å². The molecule has 3 nitrogen and oxygen atoms in total. The van der Waals surface area contributed by atoms with Gasteiger partial charge < -0.3 is 0 Å². The fourth-order valence-electron chi connectivity index (χ4n) is 1.78.